The fourth-order valence-electron chi connectivity index (χ4n) is 3.10. The van der Waals surface area contributed by atoms with E-state index in [-0.39, 0.29) is 0 Å². The molecule has 0 atom stereocenters. The summed E-state index contributed by atoms with van der Waals surface area (Å²) in [5.74, 6) is 1.17. The van der Waals surface area contributed by atoms with Gasteiger partial charge in [-0.15, -0.1) is 0 Å². The second-order valence-electron chi connectivity index (χ2n) is 6.09. The summed E-state index contributed by atoms with van der Waals surface area (Å²) in [5.41, 5.74) is 1.95. The van der Waals surface area contributed by atoms with Gasteiger partial charge in [-0.25, -0.2) is 0 Å². The van der Waals surface area contributed by atoms with Crippen LogP contribution in [0.25, 0.3) is 11.6 Å². The Morgan fingerprint density at radius 2 is 1.25 bits per heavy atom. The van der Waals surface area contributed by atoms with Gasteiger partial charge in [0, 0.05) is 18.2 Å². The van der Waals surface area contributed by atoms with Gasteiger partial charge >= 0.3 is 0 Å². The van der Waals surface area contributed by atoms with E-state index in [1.165, 1.54) is 21.3 Å². The molecule has 0 saturated carbocycles. The van der Waals surface area contributed by atoms with Gasteiger partial charge in [0.05, 0.1) is 34.0 Å². The second-order valence-corrected chi connectivity index (χ2v) is 6.09. The Morgan fingerprint density at radius 1 is 0.714 bits per heavy atom. The third-order valence-corrected chi connectivity index (χ3v) is 4.60. The zero-order chi connectivity index (χ0) is 20.4. The number of hydrogen-bond acceptors (Lipinski definition) is 6. The molecule has 146 valence electrons. The minimum Gasteiger partial charge on any atom is -0.493 e. The van der Waals surface area contributed by atoms with Crippen molar-refractivity contribution in [3.05, 3.63) is 47.0 Å². The van der Waals surface area contributed by atoms with Gasteiger partial charge in [-0.05, 0) is 35.9 Å². The van der Waals surface area contributed by atoms with Gasteiger partial charge < -0.3 is 18.9 Å². The predicted molar refractivity (Wildman–Crippen MR) is 104 cm³/mol. The molecule has 0 saturated heterocycles. The predicted octanol–water partition coefficient (Wildman–Crippen LogP) is 2.87. The van der Waals surface area contributed by atoms with Crippen molar-refractivity contribution in [1.82, 2.24) is 4.90 Å². The smallest absolute Gasteiger partial charge is 0.261 e. The number of nitrogens with zero attached hydrogens (tertiary/aromatic N) is 1. The van der Waals surface area contributed by atoms with Crippen LogP contribution in [0.3, 0.4) is 0 Å². The lowest BCUT2D eigenvalue weighted by molar-refractivity contribution is -0.121. The number of carbonyl (C=O) groups is 2. The van der Waals surface area contributed by atoms with Crippen molar-refractivity contribution in [1.29, 1.82) is 0 Å². The van der Waals surface area contributed by atoms with E-state index in [1.807, 2.05) is 0 Å². The molecule has 0 aromatic heterocycles. The van der Waals surface area contributed by atoms with Crippen LogP contribution in [0.2, 0.25) is 0 Å². The van der Waals surface area contributed by atoms with E-state index in [2.05, 4.69) is 0 Å². The maximum atomic E-state index is 12.8. The lowest BCUT2D eigenvalue weighted by atomic mass is 9.91. The number of methoxy groups -OCH3 is 4. The molecular weight excluding hydrogens is 362 g/mol. The number of amides is 2. The molecule has 1 aliphatic rings. The topological polar surface area (TPSA) is 74.3 Å². The zero-order valence-corrected chi connectivity index (χ0v) is 16.4. The highest BCUT2D eigenvalue weighted by molar-refractivity contribution is 6.33. The monoisotopic (exact) mass is 383 g/mol. The molecular formula is C21H21NO6. The number of benzene rings is 2. The summed E-state index contributed by atoms with van der Waals surface area (Å²) >= 11 is 0. The van der Waals surface area contributed by atoms with Crippen LogP contribution < -0.4 is 18.9 Å². The lowest BCUT2D eigenvalue weighted by Gasteiger charge is -2.26. The summed E-state index contributed by atoms with van der Waals surface area (Å²) in [6, 6.07) is 8.54. The largest absolute Gasteiger partial charge is 0.493 e. The molecule has 1 heterocycles. The highest BCUT2D eigenvalue weighted by Crippen LogP contribution is 2.38. The molecule has 0 N–H and O–H groups in total. The van der Waals surface area contributed by atoms with E-state index in [0.29, 0.717) is 39.7 Å². The van der Waals surface area contributed by atoms with Crippen LogP contribution in [-0.2, 0) is 4.79 Å². The van der Waals surface area contributed by atoms with Crippen molar-refractivity contribution < 1.29 is 28.5 Å². The van der Waals surface area contributed by atoms with Crippen molar-refractivity contribution in [2.45, 2.75) is 0 Å². The number of likely N-dealkylation sites (N-methyl/N-ethyl adjacent to an activating group) is 1. The van der Waals surface area contributed by atoms with Crippen molar-refractivity contribution in [3.8, 4) is 23.0 Å². The number of fused-ring (bicyclic) bond motifs is 1. The molecule has 0 radical (unpaired) electrons. The van der Waals surface area contributed by atoms with E-state index in [4.69, 9.17) is 18.9 Å². The maximum absolute atomic E-state index is 12.8. The van der Waals surface area contributed by atoms with E-state index in [0.717, 1.165) is 10.5 Å². The maximum Gasteiger partial charge on any atom is 0.261 e. The van der Waals surface area contributed by atoms with E-state index >= 15 is 0 Å². The van der Waals surface area contributed by atoms with Crippen molar-refractivity contribution in [2.75, 3.05) is 35.5 Å². The average molecular weight is 383 g/mol. The fourth-order valence-corrected chi connectivity index (χ4v) is 3.10. The highest BCUT2D eigenvalue weighted by Gasteiger charge is 2.34. The van der Waals surface area contributed by atoms with Crippen LogP contribution in [0.4, 0.5) is 0 Å². The summed E-state index contributed by atoms with van der Waals surface area (Å²) in [5, 5.41) is 0. The molecule has 0 aliphatic carbocycles. The Balaban J connectivity index is 2.21. The Kier molecular flexibility index (Phi) is 5.26. The minimum absolute atomic E-state index is 0.366. The number of ether oxygens (including phenoxy) is 4. The molecule has 0 fully saturated rings. The Bertz CT molecular complexity index is 979. The van der Waals surface area contributed by atoms with Crippen molar-refractivity contribution >= 4 is 23.5 Å². The Morgan fingerprint density at radius 3 is 1.82 bits per heavy atom. The molecule has 0 spiro atoms. The first kappa shape index (κ1) is 19.3. The Hall–Kier alpha value is -3.48. The van der Waals surface area contributed by atoms with Gasteiger partial charge in [0.15, 0.2) is 23.0 Å². The first-order valence-corrected chi connectivity index (χ1v) is 8.47. The number of hydrogen-bond donors (Lipinski definition) is 0. The van der Waals surface area contributed by atoms with Gasteiger partial charge in [0.2, 0.25) is 0 Å². The Labute approximate surface area is 163 Å². The summed E-state index contributed by atoms with van der Waals surface area (Å²) in [4.78, 5) is 26.5. The van der Waals surface area contributed by atoms with Gasteiger partial charge in [-0.1, -0.05) is 6.07 Å². The average Bonchev–Trinajstić information content (AvgIpc) is 2.73. The standard InChI is InChI=1S/C21H21NO6/c1-22-20(23)14(8-12-6-7-16(25-2)17(9-12)26-3)13-10-18(27-4)19(28-5)11-15(13)21(22)24/h6-11H,1-5H3/b14-8-. The first-order valence-electron chi connectivity index (χ1n) is 8.47. The van der Waals surface area contributed by atoms with Crippen LogP contribution in [-0.4, -0.2) is 52.2 Å². The fraction of sp³-hybridized carbons (Fsp3) is 0.238. The van der Waals surface area contributed by atoms with Crippen molar-refractivity contribution in [3.63, 3.8) is 0 Å². The van der Waals surface area contributed by atoms with Gasteiger partial charge in [0.1, 0.15) is 0 Å². The summed E-state index contributed by atoms with van der Waals surface area (Å²) in [7, 11) is 7.54. The molecule has 0 bridgehead atoms. The third-order valence-electron chi connectivity index (χ3n) is 4.60. The summed E-state index contributed by atoms with van der Waals surface area (Å²) < 4.78 is 21.2. The van der Waals surface area contributed by atoms with E-state index in [1.54, 1.807) is 50.6 Å². The van der Waals surface area contributed by atoms with Crippen LogP contribution >= 0.6 is 0 Å². The normalized spacial score (nSPS) is 14.8. The quantitative estimate of drug-likeness (QED) is 0.584. The van der Waals surface area contributed by atoms with Crippen LogP contribution in [0.1, 0.15) is 21.5 Å². The second kappa shape index (κ2) is 7.64. The summed E-state index contributed by atoms with van der Waals surface area (Å²) in [6.07, 6.45) is 1.71. The number of imide groups is 1. The molecule has 0 unspecified atom stereocenters. The van der Waals surface area contributed by atoms with Crippen LogP contribution in [0.15, 0.2) is 30.3 Å². The number of carbonyl (C=O) groups excluding carboxylic acids is 2. The molecule has 1 aliphatic heterocycles. The number of rotatable bonds is 5. The van der Waals surface area contributed by atoms with Crippen molar-refractivity contribution in [2.24, 2.45) is 0 Å². The lowest BCUT2D eigenvalue weighted by Crippen LogP contribution is -2.38. The molecule has 2 aromatic rings. The molecule has 3 rings (SSSR count). The molecule has 2 aromatic carbocycles. The molecule has 7 heteroatoms. The van der Waals surface area contributed by atoms with Gasteiger partial charge in [0.25, 0.3) is 11.8 Å². The SMILES string of the molecule is COc1ccc(/C=C2\C(=O)N(C)C(=O)c3cc(OC)c(OC)cc32)cc1OC. The first-order chi connectivity index (χ1) is 13.4. The molecule has 28 heavy (non-hydrogen) atoms. The molecule has 2 amide bonds. The van der Waals surface area contributed by atoms with Crippen LogP contribution in [0, 0.1) is 0 Å². The minimum atomic E-state index is -0.403. The highest BCUT2D eigenvalue weighted by atomic mass is 16.5. The molecule has 7 nitrogen and oxygen atoms in total. The van der Waals surface area contributed by atoms with E-state index in [9.17, 15) is 9.59 Å². The van der Waals surface area contributed by atoms with Gasteiger partial charge in [-0.2, -0.15) is 0 Å². The summed E-state index contributed by atoms with van der Waals surface area (Å²) in [6.45, 7) is 0. The van der Waals surface area contributed by atoms with Crippen LogP contribution in [0.5, 0.6) is 23.0 Å². The van der Waals surface area contributed by atoms with Gasteiger partial charge in [-0.3, -0.25) is 14.5 Å². The zero-order valence-electron chi connectivity index (χ0n) is 16.4. The van der Waals surface area contributed by atoms with E-state index < -0.39 is 11.8 Å². The third kappa shape index (κ3) is 3.15.